The number of Topliss-reactive ketones (excluding diaryl/α,β-unsaturated/α-hetero) is 1. The molecule has 0 aromatic heterocycles. The summed E-state index contributed by atoms with van der Waals surface area (Å²) in [6.45, 7) is 1.68. The molecule has 1 aromatic carbocycles. The van der Waals surface area contributed by atoms with Crippen molar-refractivity contribution in [2.75, 3.05) is 0 Å². The van der Waals surface area contributed by atoms with Gasteiger partial charge in [-0.3, -0.25) is 4.79 Å². The van der Waals surface area contributed by atoms with Crippen LogP contribution in [0.2, 0.25) is 0 Å². The van der Waals surface area contributed by atoms with Crippen LogP contribution in [0.25, 0.3) is 0 Å². The van der Waals surface area contributed by atoms with Crippen molar-refractivity contribution in [2.45, 2.75) is 9.80 Å². The van der Waals surface area contributed by atoms with Crippen LogP contribution in [0.1, 0.15) is 17.3 Å². The molecule has 3 heteroatoms. The summed E-state index contributed by atoms with van der Waals surface area (Å²) in [5, 5.41) is 0. The van der Waals surface area contributed by atoms with Gasteiger partial charge in [0.1, 0.15) is 0 Å². The van der Waals surface area contributed by atoms with E-state index in [0.717, 1.165) is 0 Å². The first kappa shape index (κ1) is 9.99. The van der Waals surface area contributed by atoms with Crippen LogP contribution in [-0.4, -0.2) is 8.66 Å². The topological polar surface area (TPSA) is 17.1 Å². The summed E-state index contributed by atoms with van der Waals surface area (Å²) in [5.41, 5.74) is 0.657. The standard InChI is InChI=1S/C9H8ClIO/c1-9(10,11)8(12)7-5-3-2-4-6-7/h2-6H,1H3. The van der Waals surface area contributed by atoms with Gasteiger partial charge in [-0.1, -0.05) is 64.5 Å². The van der Waals surface area contributed by atoms with Crippen molar-refractivity contribution in [3.05, 3.63) is 35.9 Å². The van der Waals surface area contributed by atoms with Crippen LogP contribution in [0.4, 0.5) is 0 Å². The number of ketones is 1. The van der Waals surface area contributed by atoms with Gasteiger partial charge < -0.3 is 0 Å². The van der Waals surface area contributed by atoms with Crippen LogP contribution < -0.4 is 0 Å². The number of carbonyl (C=O) groups is 1. The summed E-state index contributed by atoms with van der Waals surface area (Å²) in [5.74, 6) is -0.0506. The number of benzene rings is 1. The van der Waals surface area contributed by atoms with Crippen molar-refractivity contribution < 1.29 is 4.79 Å². The molecular weight excluding hydrogens is 286 g/mol. The summed E-state index contributed by atoms with van der Waals surface area (Å²) < 4.78 is -0.834. The number of hydrogen-bond acceptors (Lipinski definition) is 1. The number of carbonyl (C=O) groups excluding carboxylic acids is 1. The van der Waals surface area contributed by atoms with E-state index in [1.54, 1.807) is 19.1 Å². The van der Waals surface area contributed by atoms with E-state index in [4.69, 9.17) is 11.6 Å². The second-order valence-electron chi connectivity index (χ2n) is 2.58. The maximum atomic E-state index is 11.5. The smallest absolute Gasteiger partial charge is 0.193 e. The maximum Gasteiger partial charge on any atom is 0.193 e. The van der Waals surface area contributed by atoms with E-state index in [-0.39, 0.29) is 5.78 Å². The summed E-state index contributed by atoms with van der Waals surface area (Å²) in [6, 6.07) is 9.05. The molecule has 0 bridgehead atoms. The molecular formula is C9H8ClIO. The van der Waals surface area contributed by atoms with E-state index in [1.807, 2.05) is 40.8 Å². The number of alkyl halides is 2. The molecule has 1 unspecified atom stereocenters. The van der Waals surface area contributed by atoms with Gasteiger partial charge in [0.25, 0.3) is 0 Å². The number of halogens is 2. The van der Waals surface area contributed by atoms with Gasteiger partial charge in [-0.2, -0.15) is 0 Å². The van der Waals surface area contributed by atoms with Crippen LogP contribution in [0, 0.1) is 0 Å². The van der Waals surface area contributed by atoms with E-state index in [2.05, 4.69) is 0 Å². The highest BCUT2D eigenvalue weighted by Crippen LogP contribution is 2.27. The molecule has 1 atom stereocenters. The third kappa shape index (κ3) is 2.45. The van der Waals surface area contributed by atoms with E-state index >= 15 is 0 Å². The molecule has 64 valence electrons. The Hall–Kier alpha value is -0.0900. The summed E-state index contributed by atoms with van der Waals surface area (Å²) in [7, 11) is 0. The Bertz CT molecular complexity index is 276. The highest BCUT2D eigenvalue weighted by atomic mass is 127. The molecule has 0 aliphatic carbocycles. The molecule has 0 aliphatic rings. The molecule has 12 heavy (non-hydrogen) atoms. The Morgan fingerprint density at radius 2 is 1.92 bits per heavy atom. The average molecular weight is 295 g/mol. The molecule has 0 fully saturated rings. The molecule has 1 nitrogen and oxygen atoms in total. The largest absolute Gasteiger partial charge is 0.291 e. The van der Waals surface area contributed by atoms with E-state index in [0.29, 0.717) is 5.56 Å². The average Bonchev–Trinajstić information content (AvgIpc) is 2.03. The fourth-order valence-electron chi connectivity index (χ4n) is 0.843. The van der Waals surface area contributed by atoms with Gasteiger partial charge in [0.2, 0.25) is 0 Å². The normalized spacial score (nSPS) is 15.2. The second-order valence-corrected chi connectivity index (χ2v) is 6.13. The Morgan fingerprint density at radius 1 is 1.42 bits per heavy atom. The van der Waals surface area contributed by atoms with Crippen molar-refractivity contribution >= 4 is 40.0 Å². The van der Waals surface area contributed by atoms with E-state index in [9.17, 15) is 4.79 Å². The minimum atomic E-state index is -0.834. The van der Waals surface area contributed by atoms with Crippen molar-refractivity contribution in [3.8, 4) is 0 Å². The molecule has 0 amide bonds. The summed E-state index contributed by atoms with van der Waals surface area (Å²) >= 11 is 7.78. The van der Waals surface area contributed by atoms with Crippen molar-refractivity contribution in [3.63, 3.8) is 0 Å². The molecule has 0 saturated heterocycles. The van der Waals surface area contributed by atoms with Crippen LogP contribution in [-0.2, 0) is 0 Å². The lowest BCUT2D eigenvalue weighted by molar-refractivity contribution is 0.0986. The Morgan fingerprint density at radius 3 is 2.33 bits per heavy atom. The van der Waals surface area contributed by atoms with Crippen LogP contribution >= 0.6 is 34.2 Å². The first-order chi connectivity index (χ1) is 5.52. The molecule has 1 aromatic rings. The monoisotopic (exact) mass is 294 g/mol. The SMILES string of the molecule is CC(Cl)(I)C(=O)c1ccccc1. The van der Waals surface area contributed by atoms with Crippen LogP contribution in [0.5, 0.6) is 0 Å². The van der Waals surface area contributed by atoms with E-state index in [1.165, 1.54) is 0 Å². The quantitative estimate of drug-likeness (QED) is 0.465. The summed E-state index contributed by atoms with van der Waals surface area (Å²) in [6.07, 6.45) is 0. The van der Waals surface area contributed by atoms with Crippen molar-refractivity contribution in [1.82, 2.24) is 0 Å². The highest BCUT2D eigenvalue weighted by molar-refractivity contribution is 14.1. The van der Waals surface area contributed by atoms with Crippen LogP contribution in [0.3, 0.4) is 0 Å². The number of hydrogen-bond donors (Lipinski definition) is 0. The third-order valence-electron chi connectivity index (χ3n) is 1.43. The Balaban J connectivity index is 2.94. The lowest BCUT2D eigenvalue weighted by Crippen LogP contribution is -2.20. The zero-order valence-corrected chi connectivity index (χ0v) is 9.46. The summed E-state index contributed by atoms with van der Waals surface area (Å²) in [4.78, 5) is 11.5. The molecule has 0 saturated carbocycles. The minimum absolute atomic E-state index is 0.0506. The Labute approximate surface area is 90.3 Å². The predicted molar refractivity (Wildman–Crippen MR) is 59.1 cm³/mol. The third-order valence-corrected chi connectivity index (χ3v) is 2.10. The van der Waals surface area contributed by atoms with Gasteiger partial charge in [0.05, 0.1) is 0 Å². The zero-order chi connectivity index (χ0) is 9.19. The van der Waals surface area contributed by atoms with Crippen LogP contribution in [0.15, 0.2) is 30.3 Å². The highest BCUT2D eigenvalue weighted by Gasteiger charge is 2.27. The fraction of sp³-hybridized carbons (Fsp3) is 0.222. The van der Waals surface area contributed by atoms with E-state index < -0.39 is 2.88 Å². The van der Waals surface area contributed by atoms with Gasteiger partial charge >= 0.3 is 0 Å². The van der Waals surface area contributed by atoms with Crippen molar-refractivity contribution in [2.24, 2.45) is 0 Å². The zero-order valence-electron chi connectivity index (χ0n) is 6.55. The fourth-order valence-corrected chi connectivity index (χ4v) is 1.26. The number of rotatable bonds is 2. The van der Waals surface area contributed by atoms with Gasteiger partial charge in [0, 0.05) is 5.56 Å². The lowest BCUT2D eigenvalue weighted by atomic mass is 10.1. The van der Waals surface area contributed by atoms with Gasteiger partial charge in [-0.05, 0) is 6.92 Å². The molecule has 0 radical (unpaired) electrons. The maximum absolute atomic E-state index is 11.5. The van der Waals surface area contributed by atoms with Gasteiger partial charge in [-0.25, -0.2) is 0 Å². The first-order valence-corrected chi connectivity index (χ1v) is 4.95. The Kier molecular flexibility index (Phi) is 3.12. The molecule has 0 heterocycles. The molecule has 0 spiro atoms. The molecule has 0 N–H and O–H groups in total. The lowest BCUT2D eigenvalue weighted by Gasteiger charge is -2.11. The molecule has 1 rings (SSSR count). The van der Waals surface area contributed by atoms with Gasteiger partial charge in [-0.15, -0.1) is 0 Å². The second kappa shape index (κ2) is 3.75. The first-order valence-electron chi connectivity index (χ1n) is 3.49. The molecule has 0 aliphatic heterocycles. The van der Waals surface area contributed by atoms with Crippen molar-refractivity contribution in [1.29, 1.82) is 0 Å². The van der Waals surface area contributed by atoms with Gasteiger partial charge in [0.15, 0.2) is 8.66 Å². The predicted octanol–water partition coefficient (Wildman–Crippen LogP) is 3.26. The minimum Gasteiger partial charge on any atom is -0.291 e.